The Labute approximate surface area is 171 Å². The molecule has 0 aromatic heterocycles. The van der Waals surface area contributed by atoms with Crippen molar-refractivity contribution in [3.05, 3.63) is 71.3 Å². The topological polar surface area (TPSA) is 71.3 Å². The number of nitrogens with zero attached hydrogens (tertiary/aromatic N) is 1. The van der Waals surface area contributed by atoms with Crippen molar-refractivity contribution >= 4 is 17.7 Å². The molecular weight excluding hydrogens is 364 g/mol. The minimum absolute atomic E-state index is 0.0320. The van der Waals surface area contributed by atoms with E-state index in [1.807, 2.05) is 37.3 Å². The highest BCUT2D eigenvalue weighted by atomic mass is 16.5. The Morgan fingerprint density at radius 2 is 2.14 bits per heavy atom. The molecule has 0 aliphatic heterocycles. The second-order valence-electron chi connectivity index (χ2n) is 6.19. The van der Waals surface area contributed by atoms with Gasteiger partial charge in [0, 0.05) is 11.3 Å². The van der Waals surface area contributed by atoms with Crippen molar-refractivity contribution in [1.82, 2.24) is 0 Å². The monoisotopic (exact) mass is 386 g/mol. The van der Waals surface area contributed by atoms with Crippen LogP contribution in [0.15, 0.2) is 54.6 Å². The minimum Gasteiger partial charge on any atom is -0.493 e. The van der Waals surface area contributed by atoms with E-state index in [2.05, 4.69) is 17.8 Å². The van der Waals surface area contributed by atoms with Gasteiger partial charge in [-0.05, 0) is 54.8 Å². The first-order chi connectivity index (χ1) is 14.0. The number of anilines is 1. The fourth-order valence-electron chi connectivity index (χ4n) is 2.74. The van der Waals surface area contributed by atoms with Gasteiger partial charge in [0.25, 0.3) is 5.91 Å². The van der Waals surface area contributed by atoms with E-state index in [0.29, 0.717) is 29.2 Å². The minimum atomic E-state index is -0.491. The lowest BCUT2D eigenvalue weighted by atomic mass is 10.0. The van der Waals surface area contributed by atoms with Crippen molar-refractivity contribution < 1.29 is 14.3 Å². The summed E-state index contributed by atoms with van der Waals surface area (Å²) >= 11 is 0. The summed E-state index contributed by atoms with van der Waals surface area (Å²) in [5.41, 5.74) is 3.01. The highest BCUT2D eigenvalue weighted by molar-refractivity contribution is 6.09. The lowest BCUT2D eigenvalue weighted by Crippen LogP contribution is -2.13. The van der Waals surface area contributed by atoms with Crippen LogP contribution < -0.4 is 14.8 Å². The molecule has 0 heterocycles. The second kappa shape index (κ2) is 10.4. The number of hydrogen-bond acceptors (Lipinski definition) is 4. The number of benzene rings is 2. The first-order valence-corrected chi connectivity index (χ1v) is 8.90. The molecule has 1 N–H and O–H groups in total. The van der Waals surface area contributed by atoms with E-state index in [1.54, 1.807) is 18.2 Å². The summed E-state index contributed by atoms with van der Waals surface area (Å²) in [5, 5.41) is 12.2. The molecule has 0 fully saturated rings. The summed E-state index contributed by atoms with van der Waals surface area (Å²) in [7, 11) is 1.51. The summed E-state index contributed by atoms with van der Waals surface area (Å²) in [6.07, 6.45) is 9.02. The maximum absolute atomic E-state index is 12.5. The number of terminal acetylenes is 1. The van der Waals surface area contributed by atoms with Crippen LogP contribution in [0.2, 0.25) is 0 Å². The van der Waals surface area contributed by atoms with Gasteiger partial charge in [-0.1, -0.05) is 24.1 Å². The van der Waals surface area contributed by atoms with Crippen molar-refractivity contribution in [2.75, 3.05) is 19.0 Å². The quantitative estimate of drug-likeness (QED) is 0.318. The molecule has 0 radical (unpaired) electrons. The van der Waals surface area contributed by atoms with Gasteiger partial charge >= 0.3 is 0 Å². The van der Waals surface area contributed by atoms with Gasteiger partial charge in [-0.2, -0.15) is 5.26 Å². The predicted molar refractivity (Wildman–Crippen MR) is 115 cm³/mol. The van der Waals surface area contributed by atoms with Crippen molar-refractivity contribution in [1.29, 1.82) is 5.26 Å². The molecule has 5 heteroatoms. The van der Waals surface area contributed by atoms with E-state index in [0.717, 1.165) is 11.1 Å². The Bertz CT molecular complexity index is 1020. The number of nitrogens with one attached hydrogen (secondary N) is 1. The molecule has 0 spiro atoms. The molecule has 0 aliphatic carbocycles. The summed E-state index contributed by atoms with van der Waals surface area (Å²) in [6.45, 7) is 5.77. The predicted octanol–water partition coefficient (Wildman–Crippen LogP) is 4.29. The number of methoxy groups -OCH3 is 1. The van der Waals surface area contributed by atoms with Crippen molar-refractivity contribution in [2.45, 2.75) is 13.3 Å². The average Bonchev–Trinajstić information content (AvgIpc) is 2.71. The zero-order chi connectivity index (χ0) is 21.2. The van der Waals surface area contributed by atoms with Crippen molar-refractivity contribution in [2.24, 2.45) is 0 Å². The lowest BCUT2D eigenvalue weighted by Gasteiger charge is -2.14. The molecule has 2 aromatic carbocycles. The van der Waals surface area contributed by atoms with Gasteiger partial charge in [0.05, 0.1) is 7.11 Å². The Kier molecular flexibility index (Phi) is 7.65. The van der Waals surface area contributed by atoms with Crippen LogP contribution in [0, 0.1) is 30.6 Å². The number of nitriles is 1. The number of allylic oxidation sites excluding steroid dienone is 1. The zero-order valence-corrected chi connectivity index (χ0v) is 16.5. The number of aryl methyl sites for hydroxylation is 1. The molecule has 146 valence electrons. The van der Waals surface area contributed by atoms with E-state index in [9.17, 15) is 10.1 Å². The Hall–Kier alpha value is -3.96. The molecule has 0 aliphatic rings. The molecule has 0 bridgehead atoms. The third kappa shape index (κ3) is 5.76. The van der Waals surface area contributed by atoms with Gasteiger partial charge in [-0.3, -0.25) is 4.79 Å². The molecule has 0 unspecified atom stereocenters. The molecule has 2 rings (SSSR count). The Balaban J connectivity index is 2.40. The van der Waals surface area contributed by atoms with E-state index in [1.165, 1.54) is 13.2 Å². The van der Waals surface area contributed by atoms with E-state index in [-0.39, 0.29) is 12.2 Å². The zero-order valence-electron chi connectivity index (χ0n) is 16.5. The molecule has 0 atom stereocenters. The van der Waals surface area contributed by atoms with Crippen molar-refractivity contribution in [3.8, 4) is 29.9 Å². The van der Waals surface area contributed by atoms with Crippen molar-refractivity contribution in [3.63, 3.8) is 0 Å². The van der Waals surface area contributed by atoms with Crippen LogP contribution in [0.4, 0.5) is 5.69 Å². The molecule has 5 nitrogen and oxygen atoms in total. The van der Waals surface area contributed by atoms with Crippen LogP contribution in [0.5, 0.6) is 11.5 Å². The summed E-state index contributed by atoms with van der Waals surface area (Å²) in [6, 6.07) is 12.8. The van der Waals surface area contributed by atoms with Gasteiger partial charge in [-0.15, -0.1) is 13.0 Å². The maximum atomic E-state index is 12.5. The molecule has 0 saturated heterocycles. The van der Waals surface area contributed by atoms with Gasteiger partial charge < -0.3 is 14.8 Å². The maximum Gasteiger partial charge on any atom is 0.266 e. The summed E-state index contributed by atoms with van der Waals surface area (Å²) in [4.78, 5) is 12.5. The smallest absolute Gasteiger partial charge is 0.266 e. The van der Waals surface area contributed by atoms with Gasteiger partial charge in [0.1, 0.15) is 18.2 Å². The van der Waals surface area contributed by atoms with E-state index in [4.69, 9.17) is 15.9 Å². The Morgan fingerprint density at radius 3 is 2.76 bits per heavy atom. The molecule has 0 saturated carbocycles. The molecular formula is C24H22N2O3. The van der Waals surface area contributed by atoms with Crippen LogP contribution >= 0.6 is 0 Å². The number of hydrogen-bond donors (Lipinski definition) is 1. The normalized spacial score (nSPS) is 10.4. The first-order valence-electron chi connectivity index (χ1n) is 8.90. The number of ether oxygens (including phenoxy) is 2. The standard InChI is InChI=1S/C24H22N2O3/c1-5-8-19-13-18(15-22(28-4)23(19)29-11-6-2)14-20(16-25)24(27)26-21-10-7-9-17(3)12-21/h2,5,7,9-10,12-15H,1,8,11H2,3-4H3,(H,26,27)/b20-14+. The highest BCUT2D eigenvalue weighted by Gasteiger charge is 2.14. The number of rotatable bonds is 8. The Morgan fingerprint density at radius 1 is 1.34 bits per heavy atom. The number of carbonyl (C=O) groups excluding carboxylic acids is 1. The van der Waals surface area contributed by atoms with Gasteiger partial charge in [-0.25, -0.2) is 0 Å². The van der Waals surface area contributed by atoms with Crippen LogP contribution in [0.25, 0.3) is 6.08 Å². The molecule has 1 amide bonds. The molecule has 2 aromatic rings. The molecule has 29 heavy (non-hydrogen) atoms. The average molecular weight is 386 g/mol. The third-order valence-corrected chi connectivity index (χ3v) is 3.99. The summed E-state index contributed by atoms with van der Waals surface area (Å²) < 4.78 is 11.0. The third-order valence-electron chi connectivity index (χ3n) is 3.99. The fourth-order valence-corrected chi connectivity index (χ4v) is 2.74. The van der Waals surface area contributed by atoms with Gasteiger partial charge in [0.15, 0.2) is 11.5 Å². The summed E-state index contributed by atoms with van der Waals surface area (Å²) in [5.74, 6) is 2.91. The van der Waals surface area contributed by atoms with Gasteiger partial charge in [0.2, 0.25) is 0 Å². The lowest BCUT2D eigenvalue weighted by molar-refractivity contribution is -0.112. The van der Waals surface area contributed by atoms with E-state index < -0.39 is 5.91 Å². The largest absolute Gasteiger partial charge is 0.493 e. The SMILES string of the molecule is C#CCOc1c(CC=C)cc(/C=C(\C#N)C(=O)Nc2cccc(C)c2)cc1OC. The van der Waals surface area contributed by atoms with E-state index >= 15 is 0 Å². The highest BCUT2D eigenvalue weighted by Crippen LogP contribution is 2.34. The fraction of sp³-hybridized carbons (Fsp3) is 0.167. The van der Waals surface area contributed by atoms with Crippen LogP contribution in [0.3, 0.4) is 0 Å². The van der Waals surface area contributed by atoms with Crippen LogP contribution in [-0.2, 0) is 11.2 Å². The number of amides is 1. The number of carbonyl (C=O) groups is 1. The first kappa shape index (κ1) is 21.3. The van der Waals surface area contributed by atoms with Crippen LogP contribution in [-0.4, -0.2) is 19.6 Å². The van der Waals surface area contributed by atoms with Crippen LogP contribution in [0.1, 0.15) is 16.7 Å². The second-order valence-corrected chi connectivity index (χ2v) is 6.19.